The third-order valence-corrected chi connectivity index (χ3v) is 1.84. The summed E-state index contributed by atoms with van der Waals surface area (Å²) in [4.78, 5) is 7.46. The molecule has 2 aromatic heterocycles. The summed E-state index contributed by atoms with van der Waals surface area (Å²) in [5.41, 5.74) is 0.317. The lowest BCUT2D eigenvalue weighted by atomic mass is 10.3. The summed E-state index contributed by atoms with van der Waals surface area (Å²) < 4.78 is 33.0. The summed E-state index contributed by atoms with van der Waals surface area (Å²) in [6, 6.07) is 4.39. The van der Waals surface area contributed by atoms with Crippen LogP contribution in [0.15, 0.2) is 28.8 Å². The molecule has 0 bridgehead atoms. The minimum Gasteiger partial charge on any atom is -0.426 e. The van der Waals surface area contributed by atoms with E-state index >= 15 is 0 Å². The zero-order chi connectivity index (χ0) is 11.5. The van der Waals surface area contributed by atoms with Crippen LogP contribution >= 0.6 is 11.6 Å². The van der Waals surface area contributed by atoms with Crippen LogP contribution in [0.1, 0.15) is 0 Å². The lowest BCUT2D eigenvalue weighted by Gasteiger charge is -2.03. The van der Waals surface area contributed by atoms with E-state index in [0.29, 0.717) is 5.69 Å². The number of hydrogen-bond acceptors (Lipinski definition) is 4. The second-order valence-corrected chi connectivity index (χ2v) is 3.04. The van der Waals surface area contributed by atoms with Crippen LogP contribution in [0.5, 0.6) is 5.88 Å². The highest BCUT2D eigenvalue weighted by atomic mass is 35.5. The molecule has 0 aliphatic rings. The molecule has 0 spiro atoms. The van der Waals surface area contributed by atoms with Crippen molar-refractivity contribution >= 4 is 11.6 Å². The van der Waals surface area contributed by atoms with Crippen LogP contribution in [-0.4, -0.2) is 16.6 Å². The molecule has 0 aliphatic heterocycles. The minimum atomic E-state index is -2.92. The van der Waals surface area contributed by atoms with E-state index in [0.717, 1.165) is 0 Å². The van der Waals surface area contributed by atoms with Crippen LogP contribution in [-0.2, 0) is 0 Å². The van der Waals surface area contributed by atoms with Gasteiger partial charge in [-0.3, -0.25) is 0 Å². The van der Waals surface area contributed by atoms with E-state index in [-0.39, 0.29) is 17.0 Å². The SMILES string of the molecule is FC(F)Oc1cccc(-c2cnc(Cl)o2)n1. The average Bonchev–Trinajstić information content (AvgIpc) is 2.64. The van der Waals surface area contributed by atoms with Gasteiger partial charge in [-0.1, -0.05) is 6.07 Å². The molecule has 0 aliphatic carbocycles. The fourth-order valence-corrected chi connectivity index (χ4v) is 1.21. The van der Waals surface area contributed by atoms with Gasteiger partial charge in [-0.05, 0) is 17.7 Å². The average molecular weight is 247 g/mol. The first kappa shape index (κ1) is 10.8. The molecule has 0 aromatic carbocycles. The monoisotopic (exact) mass is 246 g/mol. The first-order valence-corrected chi connectivity index (χ1v) is 4.56. The van der Waals surface area contributed by atoms with Crippen molar-refractivity contribution in [1.82, 2.24) is 9.97 Å². The van der Waals surface area contributed by atoms with Gasteiger partial charge in [0.15, 0.2) is 5.76 Å². The van der Waals surface area contributed by atoms with Gasteiger partial charge in [0.05, 0.1) is 6.20 Å². The van der Waals surface area contributed by atoms with E-state index in [2.05, 4.69) is 14.7 Å². The first-order valence-electron chi connectivity index (χ1n) is 4.19. The third kappa shape index (κ3) is 2.46. The van der Waals surface area contributed by atoms with Gasteiger partial charge < -0.3 is 9.15 Å². The predicted molar refractivity (Wildman–Crippen MR) is 51.4 cm³/mol. The van der Waals surface area contributed by atoms with Crippen molar-refractivity contribution in [1.29, 1.82) is 0 Å². The van der Waals surface area contributed by atoms with Gasteiger partial charge in [-0.25, -0.2) is 9.97 Å². The van der Waals surface area contributed by atoms with Crippen LogP contribution in [0.2, 0.25) is 5.35 Å². The molecule has 0 atom stereocenters. The van der Waals surface area contributed by atoms with Gasteiger partial charge in [0.1, 0.15) is 5.69 Å². The van der Waals surface area contributed by atoms with Crippen molar-refractivity contribution < 1.29 is 17.9 Å². The normalized spacial score (nSPS) is 10.8. The number of halogens is 3. The molecule has 0 amide bonds. The minimum absolute atomic E-state index is 0.0445. The van der Waals surface area contributed by atoms with Crippen molar-refractivity contribution in [2.24, 2.45) is 0 Å². The molecular formula is C9H5ClF2N2O2. The highest BCUT2D eigenvalue weighted by Crippen LogP contribution is 2.22. The number of pyridine rings is 1. The van der Waals surface area contributed by atoms with Crippen LogP contribution in [0, 0.1) is 0 Å². The fraction of sp³-hybridized carbons (Fsp3) is 0.111. The van der Waals surface area contributed by atoms with Crippen molar-refractivity contribution in [3.05, 3.63) is 29.7 Å². The summed E-state index contributed by atoms with van der Waals surface area (Å²) in [5.74, 6) is 0.0877. The van der Waals surface area contributed by atoms with Gasteiger partial charge >= 0.3 is 6.61 Å². The maximum atomic E-state index is 11.9. The molecule has 0 N–H and O–H groups in total. The Kier molecular flexibility index (Phi) is 3.00. The second-order valence-electron chi connectivity index (χ2n) is 2.72. The zero-order valence-electron chi connectivity index (χ0n) is 7.73. The Hall–Kier alpha value is -1.69. The number of hydrogen-bond donors (Lipinski definition) is 0. The Morgan fingerprint density at radius 3 is 2.81 bits per heavy atom. The molecule has 2 heterocycles. The number of ether oxygens (including phenoxy) is 1. The summed E-state index contributed by atoms with van der Waals surface area (Å²) >= 11 is 5.48. The standard InChI is InChI=1S/C9H5ClF2N2O2/c10-8-13-4-6(15-8)5-2-1-3-7(14-5)16-9(11)12/h1-4,9H. The topological polar surface area (TPSA) is 48.2 Å². The highest BCUT2D eigenvalue weighted by molar-refractivity contribution is 6.27. The molecule has 0 saturated heterocycles. The van der Waals surface area contributed by atoms with Crippen molar-refractivity contribution in [3.8, 4) is 17.3 Å². The van der Waals surface area contributed by atoms with Crippen LogP contribution < -0.4 is 4.74 Å². The second kappa shape index (κ2) is 4.44. The lowest BCUT2D eigenvalue weighted by Crippen LogP contribution is -2.03. The van der Waals surface area contributed by atoms with E-state index in [1.165, 1.54) is 18.3 Å². The van der Waals surface area contributed by atoms with Gasteiger partial charge in [-0.15, -0.1) is 0 Å². The van der Waals surface area contributed by atoms with Crippen molar-refractivity contribution in [3.63, 3.8) is 0 Å². The maximum absolute atomic E-state index is 11.9. The van der Waals surface area contributed by atoms with Gasteiger partial charge in [0, 0.05) is 6.07 Å². The zero-order valence-corrected chi connectivity index (χ0v) is 8.49. The number of rotatable bonds is 3. The molecule has 0 fully saturated rings. The van der Waals surface area contributed by atoms with Crippen molar-refractivity contribution in [2.45, 2.75) is 6.61 Å². The molecule has 84 valence electrons. The predicted octanol–water partition coefficient (Wildman–Crippen LogP) is 2.99. The lowest BCUT2D eigenvalue weighted by molar-refractivity contribution is -0.0527. The van der Waals surface area contributed by atoms with Crippen LogP contribution in [0.3, 0.4) is 0 Å². The molecule has 0 saturated carbocycles. The smallest absolute Gasteiger partial charge is 0.388 e. The molecule has 0 radical (unpaired) electrons. The number of nitrogens with zero attached hydrogens (tertiary/aromatic N) is 2. The van der Waals surface area contributed by atoms with Crippen LogP contribution in [0.4, 0.5) is 8.78 Å². The largest absolute Gasteiger partial charge is 0.426 e. The van der Waals surface area contributed by atoms with E-state index in [1.54, 1.807) is 6.07 Å². The Morgan fingerprint density at radius 2 is 2.19 bits per heavy atom. The fourth-order valence-electron chi connectivity index (χ4n) is 1.08. The van der Waals surface area contributed by atoms with E-state index in [1.807, 2.05) is 0 Å². The first-order chi connectivity index (χ1) is 7.65. The number of oxazole rings is 1. The molecule has 7 heteroatoms. The summed E-state index contributed by atoms with van der Waals surface area (Å²) in [6.07, 6.45) is 1.34. The summed E-state index contributed by atoms with van der Waals surface area (Å²) in [6.45, 7) is -2.92. The van der Waals surface area contributed by atoms with Gasteiger partial charge in [0.25, 0.3) is 5.35 Å². The van der Waals surface area contributed by atoms with Crippen molar-refractivity contribution in [2.75, 3.05) is 0 Å². The summed E-state index contributed by atoms with van der Waals surface area (Å²) in [5, 5.41) is -0.0445. The van der Waals surface area contributed by atoms with E-state index in [4.69, 9.17) is 16.0 Å². The van der Waals surface area contributed by atoms with Gasteiger partial charge in [0.2, 0.25) is 5.88 Å². The van der Waals surface area contributed by atoms with E-state index < -0.39 is 6.61 Å². The van der Waals surface area contributed by atoms with Crippen LogP contribution in [0.25, 0.3) is 11.5 Å². The molecule has 16 heavy (non-hydrogen) atoms. The maximum Gasteiger partial charge on any atom is 0.388 e. The Labute approximate surface area is 93.8 Å². The quantitative estimate of drug-likeness (QED) is 0.835. The molecule has 4 nitrogen and oxygen atoms in total. The highest BCUT2D eigenvalue weighted by Gasteiger charge is 2.09. The summed E-state index contributed by atoms with van der Waals surface area (Å²) in [7, 11) is 0. The molecular weight excluding hydrogens is 242 g/mol. The Bertz CT molecular complexity index is 490. The third-order valence-electron chi connectivity index (χ3n) is 1.66. The Morgan fingerprint density at radius 1 is 1.38 bits per heavy atom. The Balaban J connectivity index is 2.28. The van der Waals surface area contributed by atoms with E-state index in [9.17, 15) is 8.78 Å². The molecule has 2 rings (SSSR count). The molecule has 0 unspecified atom stereocenters. The molecule has 2 aromatic rings. The van der Waals surface area contributed by atoms with Gasteiger partial charge in [-0.2, -0.15) is 8.78 Å². The number of alkyl halides is 2. The number of aromatic nitrogens is 2.